The predicted molar refractivity (Wildman–Crippen MR) is 120 cm³/mol. The maximum Gasteiger partial charge on any atom is 0.408 e. The largest absolute Gasteiger partial charge is 0.408 e. The van der Waals surface area contributed by atoms with Crippen molar-refractivity contribution in [2.75, 3.05) is 0 Å². The number of aldehydes is 1. The van der Waals surface area contributed by atoms with Crippen LogP contribution in [0.15, 0.2) is 48.5 Å². The summed E-state index contributed by atoms with van der Waals surface area (Å²) in [7, 11) is 0. The van der Waals surface area contributed by atoms with E-state index in [9.17, 15) is 18.0 Å². The third kappa shape index (κ3) is 5.22. The number of nitrogens with zero attached hydrogens (tertiary/aromatic N) is 5. The van der Waals surface area contributed by atoms with Crippen LogP contribution in [-0.4, -0.2) is 42.9 Å². The van der Waals surface area contributed by atoms with Gasteiger partial charge in [-0.15, -0.1) is 10.2 Å². The molecule has 0 saturated heterocycles. The van der Waals surface area contributed by atoms with Gasteiger partial charge < -0.3 is 0 Å². The van der Waals surface area contributed by atoms with Gasteiger partial charge in [0, 0.05) is 17.5 Å². The zero-order valence-electron chi connectivity index (χ0n) is 18.5. The molecule has 34 heavy (non-hydrogen) atoms. The highest BCUT2D eigenvalue weighted by atomic mass is 19.4. The molecule has 0 amide bonds. The molecule has 1 N–H and O–H groups in total. The molecule has 0 aliphatic heterocycles. The molecule has 7 nitrogen and oxygen atoms in total. The van der Waals surface area contributed by atoms with Crippen molar-refractivity contribution in [2.45, 2.75) is 45.3 Å². The van der Waals surface area contributed by atoms with E-state index < -0.39 is 12.7 Å². The lowest BCUT2D eigenvalue weighted by molar-refractivity contribution is -0.142. The van der Waals surface area contributed by atoms with Crippen LogP contribution in [0.1, 0.15) is 47.1 Å². The molecule has 0 aliphatic carbocycles. The first-order valence-corrected chi connectivity index (χ1v) is 10.9. The molecule has 4 aromatic rings. The molecular formula is C24H23F3N6O. The fourth-order valence-electron chi connectivity index (χ4n) is 3.94. The van der Waals surface area contributed by atoms with Crippen LogP contribution in [0.4, 0.5) is 13.2 Å². The second-order valence-corrected chi connectivity index (χ2v) is 7.96. The van der Waals surface area contributed by atoms with Gasteiger partial charge in [0.15, 0.2) is 6.29 Å². The molecule has 2 heterocycles. The van der Waals surface area contributed by atoms with Gasteiger partial charge in [-0.1, -0.05) is 61.9 Å². The fraction of sp³-hybridized carbons (Fsp3) is 0.292. The second-order valence-electron chi connectivity index (χ2n) is 7.96. The van der Waals surface area contributed by atoms with Gasteiger partial charge >= 0.3 is 6.18 Å². The van der Waals surface area contributed by atoms with Gasteiger partial charge in [0.25, 0.3) is 0 Å². The van der Waals surface area contributed by atoms with Crippen molar-refractivity contribution in [3.63, 3.8) is 0 Å². The predicted octanol–water partition coefficient (Wildman–Crippen LogP) is 5.04. The van der Waals surface area contributed by atoms with Crippen molar-refractivity contribution >= 4 is 6.29 Å². The Hall–Kier alpha value is -3.82. The number of benzene rings is 2. The van der Waals surface area contributed by atoms with Gasteiger partial charge in [-0.2, -0.15) is 23.5 Å². The smallest absolute Gasteiger partial charge is 0.296 e. The first-order chi connectivity index (χ1) is 16.4. The molecule has 0 bridgehead atoms. The lowest BCUT2D eigenvalue weighted by Crippen LogP contribution is -2.20. The van der Waals surface area contributed by atoms with Crippen LogP contribution in [0.5, 0.6) is 0 Å². The lowest BCUT2D eigenvalue weighted by Gasteiger charge is -2.09. The summed E-state index contributed by atoms with van der Waals surface area (Å²) in [6.07, 6.45) is -1.50. The van der Waals surface area contributed by atoms with Crippen molar-refractivity contribution < 1.29 is 18.0 Å². The van der Waals surface area contributed by atoms with Crippen molar-refractivity contribution in [2.24, 2.45) is 0 Å². The summed E-state index contributed by atoms with van der Waals surface area (Å²) < 4.78 is 39.9. The summed E-state index contributed by atoms with van der Waals surface area (Å²) in [6.45, 7) is 0.712. The Morgan fingerprint density at radius 3 is 2.41 bits per heavy atom. The first kappa shape index (κ1) is 23.3. The van der Waals surface area contributed by atoms with Crippen molar-refractivity contribution in [1.29, 1.82) is 0 Å². The summed E-state index contributed by atoms with van der Waals surface area (Å²) in [6, 6.07) is 15.3. The Labute approximate surface area is 194 Å². The zero-order chi connectivity index (χ0) is 24.1. The number of carbonyl (C=O) groups is 1. The maximum atomic E-state index is 13.0. The quantitative estimate of drug-likeness (QED) is 0.348. The van der Waals surface area contributed by atoms with Crippen LogP contribution >= 0.6 is 0 Å². The van der Waals surface area contributed by atoms with Crippen LogP contribution < -0.4 is 0 Å². The van der Waals surface area contributed by atoms with Gasteiger partial charge in [-0.25, -0.2) is 0 Å². The number of hydrogen-bond donors (Lipinski definition) is 1. The molecule has 0 fully saturated rings. The number of halogens is 3. The maximum absolute atomic E-state index is 13.0. The highest BCUT2D eigenvalue weighted by molar-refractivity contribution is 5.80. The highest BCUT2D eigenvalue weighted by Crippen LogP contribution is 2.30. The molecule has 2 aromatic heterocycles. The topological polar surface area (TPSA) is 89.4 Å². The van der Waals surface area contributed by atoms with Crippen molar-refractivity contribution in [3.8, 4) is 22.5 Å². The number of hydrogen-bond acceptors (Lipinski definition) is 5. The average Bonchev–Trinajstić information content (AvgIpc) is 3.46. The van der Waals surface area contributed by atoms with Crippen LogP contribution in [0.3, 0.4) is 0 Å². The molecule has 10 heteroatoms. The molecule has 0 radical (unpaired) electrons. The van der Waals surface area contributed by atoms with E-state index in [1.807, 2.05) is 55.5 Å². The van der Waals surface area contributed by atoms with E-state index in [1.54, 1.807) is 0 Å². The number of nitrogens with one attached hydrogen (secondary N) is 1. The van der Waals surface area contributed by atoms with Crippen LogP contribution in [0.2, 0.25) is 0 Å². The number of H-pyrrole nitrogens is 1. The first-order valence-electron chi connectivity index (χ1n) is 10.9. The average molecular weight is 468 g/mol. The van der Waals surface area contributed by atoms with E-state index in [-0.39, 0.29) is 5.69 Å². The van der Waals surface area contributed by atoms with Crippen LogP contribution in [-0.2, 0) is 19.4 Å². The number of carbonyl (C=O) groups excluding carboxylic acids is 1. The Bertz CT molecular complexity index is 1250. The van der Waals surface area contributed by atoms with E-state index in [4.69, 9.17) is 0 Å². The molecule has 0 spiro atoms. The molecule has 0 unspecified atom stereocenters. The third-order valence-electron chi connectivity index (χ3n) is 5.54. The highest BCUT2D eigenvalue weighted by Gasteiger charge is 2.31. The van der Waals surface area contributed by atoms with E-state index in [0.717, 1.165) is 39.8 Å². The molecule has 0 atom stereocenters. The van der Waals surface area contributed by atoms with Gasteiger partial charge in [-0.05, 0) is 34.7 Å². The number of aromatic amines is 1. The minimum absolute atomic E-state index is 0.0186. The van der Waals surface area contributed by atoms with E-state index in [0.29, 0.717) is 36.2 Å². The second kappa shape index (κ2) is 9.98. The fourth-order valence-corrected chi connectivity index (χ4v) is 3.94. The van der Waals surface area contributed by atoms with E-state index in [2.05, 4.69) is 25.7 Å². The summed E-state index contributed by atoms with van der Waals surface area (Å²) in [5, 5.41) is 18.3. The number of unbranched alkanes of at least 4 members (excludes halogenated alkanes) is 1. The number of rotatable bonds is 9. The van der Waals surface area contributed by atoms with Crippen LogP contribution in [0, 0.1) is 0 Å². The standard InChI is InChI=1S/C24H23F3N6O/c1-2-3-8-21-20(22(14-34)33(30-21)15-24(25,26)27)13-16-9-11-17(12-10-16)18-6-4-5-7-19(18)23-28-31-32-29-23/h4-7,9-12,14H,2-3,8,13,15H2,1H3,(H,28,29,31,32). The zero-order valence-corrected chi connectivity index (χ0v) is 18.5. The number of alkyl halides is 3. The van der Waals surface area contributed by atoms with Crippen LogP contribution in [0.25, 0.3) is 22.5 Å². The van der Waals surface area contributed by atoms with Gasteiger partial charge in [0.05, 0.1) is 5.69 Å². The van der Waals surface area contributed by atoms with E-state index in [1.165, 1.54) is 0 Å². The Kier molecular flexibility index (Phi) is 6.85. The van der Waals surface area contributed by atoms with Crippen molar-refractivity contribution in [3.05, 3.63) is 71.0 Å². The molecule has 0 saturated carbocycles. The molecule has 0 aliphatic rings. The summed E-state index contributed by atoms with van der Waals surface area (Å²) in [4.78, 5) is 11.8. The van der Waals surface area contributed by atoms with Gasteiger partial charge in [0.1, 0.15) is 12.2 Å². The SMILES string of the molecule is CCCCc1nn(CC(F)(F)F)c(C=O)c1Cc1ccc(-c2ccccc2-c2nn[nH]n2)cc1. The Balaban J connectivity index is 1.65. The Morgan fingerprint density at radius 2 is 1.79 bits per heavy atom. The molecule has 4 rings (SSSR count). The van der Waals surface area contributed by atoms with E-state index >= 15 is 0 Å². The number of aromatic nitrogens is 6. The molecule has 176 valence electrons. The summed E-state index contributed by atoms with van der Waals surface area (Å²) >= 11 is 0. The van der Waals surface area contributed by atoms with Crippen molar-refractivity contribution in [1.82, 2.24) is 30.4 Å². The third-order valence-corrected chi connectivity index (χ3v) is 5.54. The molecule has 2 aromatic carbocycles. The molecular weight excluding hydrogens is 445 g/mol. The normalized spacial score (nSPS) is 11.6. The lowest BCUT2D eigenvalue weighted by atomic mass is 9.96. The minimum Gasteiger partial charge on any atom is -0.296 e. The van der Waals surface area contributed by atoms with Gasteiger partial charge in [-0.3, -0.25) is 9.48 Å². The Morgan fingerprint density at radius 1 is 1.06 bits per heavy atom. The summed E-state index contributed by atoms with van der Waals surface area (Å²) in [5.41, 5.74) is 4.61. The number of tetrazole rings is 1. The summed E-state index contributed by atoms with van der Waals surface area (Å²) in [5.74, 6) is 0.480. The number of aryl methyl sites for hydroxylation is 1. The minimum atomic E-state index is -4.46. The monoisotopic (exact) mass is 468 g/mol. The van der Waals surface area contributed by atoms with Gasteiger partial charge in [0.2, 0.25) is 5.82 Å².